The fourth-order valence-electron chi connectivity index (χ4n) is 1.91. The lowest BCUT2D eigenvalue weighted by Crippen LogP contribution is -2.41. The Balaban J connectivity index is 2.24. The highest BCUT2D eigenvalue weighted by molar-refractivity contribution is 8.00. The first-order valence-corrected chi connectivity index (χ1v) is 7.98. The number of amides is 3. The van der Waals surface area contributed by atoms with E-state index in [0.717, 1.165) is 11.8 Å². The second-order valence-corrected chi connectivity index (χ2v) is 5.75. The van der Waals surface area contributed by atoms with E-state index in [1.807, 2.05) is 6.07 Å². The van der Waals surface area contributed by atoms with E-state index < -0.39 is 17.2 Å². The summed E-state index contributed by atoms with van der Waals surface area (Å²) in [5.74, 6) is -0.476. The van der Waals surface area contributed by atoms with Gasteiger partial charge in [-0.3, -0.25) is 10.1 Å². The molecule has 0 bridgehead atoms. The Morgan fingerprint density at radius 2 is 1.87 bits per heavy atom. The zero-order valence-corrected chi connectivity index (χ0v) is 13.4. The lowest BCUT2D eigenvalue weighted by atomic mass is 10.1. The van der Waals surface area contributed by atoms with E-state index in [1.165, 1.54) is 6.20 Å². The minimum absolute atomic E-state index is 0.382. The van der Waals surface area contributed by atoms with Gasteiger partial charge in [0.1, 0.15) is 5.25 Å². The summed E-state index contributed by atoms with van der Waals surface area (Å²) in [6.07, 6.45) is 1.37. The van der Waals surface area contributed by atoms with E-state index in [4.69, 9.17) is 0 Å². The predicted octanol–water partition coefficient (Wildman–Crippen LogP) is 2.00. The quantitative estimate of drug-likeness (QED) is 0.498. The lowest BCUT2D eigenvalue weighted by Gasteiger charge is -2.15. The SMILES string of the molecule is CCNC(=O)NC(=O)[C@@H](Sc1cccc[n+]1[O-])c1ccccc1. The number of nitrogens with zero attached hydrogens (tertiary/aromatic N) is 1. The second kappa shape index (κ2) is 8.19. The van der Waals surface area contributed by atoms with Crippen LogP contribution in [0.15, 0.2) is 59.8 Å². The molecular weight excluding hydrogens is 314 g/mol. The number of carbonyl (C=O) groups is 2. The summed E-state index contributed by atoms with van der Waals surface area (Å²) in [5.41, 5.74) is 0.711. The minimum atomic E-state index is -0.707. The number of urea groups is 1. The van der Waals surface area contributed by atoms with Crippen molar-refractivity contribution in [2.24, 2.45) is 0 Å². The average molecular weight is 331 g/mol. The molecule has 0 saturated carbocycles. The summed E-state index contributed by atoms with van der Waals surface area (Å²) in [6, 6.07) is 13.4. The van der Waals surface area contributed by atoms with E-state index in [9.17, 15) is 14.8 Å². The molecular formula is C16H17N3O3S. The molecule has 120 valence electrons. The highest BCUT2D eigenvalue weighted by Crippen LogP contribution is 2.33. The standard InChI is InChI=1S/C16H17N3O3S/c1-2-17-16(21)18-15(20)14(12-8-4-3-5-9-12)23-13-10-6-7-11-19(13)22/h3-11,14H,2H2,1H3,(H2,17,18,20,21)/t14-/m0/s1. The fraction of sp³-hybridized carbons (Fsp3) is 0.188. The monoisotopic (exact) mass is 331 g/mol. The Morgan fingerprint density at radius 1 is 1.17 bits per heavy atom. The molecule has 6 nitrogen and oxygen atoms in total. The molecule has 0 unspecified atom stereocenters. The van der Waals surface area contributed by atoms with Gasteiger partial charge in [0.25, 0.3) is 5.03 Å². The predicted molar refractivity (Wildman–Crippen MR) is 87.7 cm³/mol. The van der Waals surface area contributed by atoms with Crippen LogP contribution in [-0.2, 0) is 4.79 Å². The minimum Gasteiger partial charge on any atom is -0.618 e. The highest BCUT2D eigenvalue weighted by atomic mass is 32.2. The van der Waals surface area contributed by atoms with Gasteiger partial charge >= 0.3 is 6.03 Å². The number of thioether (sulfide) groups is 1. The van der Waals surface area contributed by atoms with Crippen LogP contribution in [0.1, 0.15) is 17.7 Å². The summed E-state index contributed by atoms with van der Waals surface area (Å²) >= 11 is 1.10. The molecule has 23 heavy (non-hydrogen) atoms. The van der Waals surface area contributed by atoms with Crippen LogP contribution in [0.25, 0.3) is 0 Å². The summed E-state index contributed by atoms with van der Waals surface area (Å²) in [6.45, 7) is 2.18. The van der Waals surface area contributed by atoms with Crippen LogP contribution in [0.5, 0.6) is 0 Å². The molecule has 0 aliphatic rings. The van der Waals surface area contributed by atoms with E-state index in [0.29, 0.717) is 21.9 Å². The van der Waals surface area contributed by atoms with Crippen molar-refractivity contribution in [3.8, 4) is 0 Å². The van der Waals surface area contributed by atoms with Crippen molar-refractivity contribution in [2.75, 3.05) is 6.54 Å². The molecule has 2 aromatic rings. The van der Waals surface area contributed by atoms with Crippen molar-refractivity contribution in [1.29, 1.82) is 0 Å². The molecule has 0 aliphatic carbocycles. The molecule has 0 saturated heterocycles. The van der Waals surface area contributed by atoms with Crippen molar-refractivity contribution in [3.05, 3.63) is 65.5 Å². The van der Waals surface area contributed by atoms with Crippen molar-refractivity contribution < 1.29 is 14.3 Å². The summed E-state index contributed by atoms with van der Waals surface area (Å²) in [7, 11) is 0. The first-order chi connectivity index (χ1) is 11.1. The van der Waals surface area contributed by atoms with Gasteiger partial charge in [-0.25, -0.2) is 4.79 Å². The number of nitrogens with one attached hydrogen (secondary N) is 2. The maximum absolute atomic E-state index is 12.4. The number of imide groups is 1. The molecule has 0 radical (unpaired) electrons. The normalized spacial score (nSPS) is 11.5. The number of benzene rings is 1. The summed E-state index contributed by atoms with van der Waals surface area (Å²) in [4.78, 5) is 24.0. The maximum atomic E-state index is 12.4. The maximum Gasteiger partial charge on any atom is 0.321 e. The third-order valence-electron chi connectivity index (χ3n) is 2.94. The number of rotatable bonds is 5. The Hall–Kier alpha value is -2.54. The molecule has 1 aromatic carbocycles. The van der Waals surface area contributed by atoms with Gasteiger partial charge in [0.15, 0.2) is 6.20 Å². The number of hydrogen-bond acceptors (Lipinski definition) is 4. The Labute approximate surface area is 138 Å². The van der Waals surface area contributed by atoms with Gasteiger partial charge < -0.3 is 10.5 Å². The highest BCUT2D eigenvalue weighted by Gasteiger charge is 2.26. The number of carbonyl (C=O) groups excluding carboxylic acids is 2. The van der Waals surface area contributed by atoms with E-state index >= 15 is 0 Å². The van der Waals surface area contributed by atoms with Gasteiger partial charge in [-0.15, -0.1) is 0 Å². The van der Waals surface area contributed by atoms with Crippen molar-refractivity contribution in [1.82, 2.24) is 10.6 Å². The van der Waals surface area contributed by atoms with Crippen LogP contribution in [-0.4, -0.2) is 18.5 Å². The van der Waals surface area contributed by atoms with Gasteiger partial charge in [0, 0.05) is 18.7 Å². The second-order valence-electron chi connectivity index (χ2n) is 4.62. The zero-order chi connectivity index (χ0) is 16.7. The van der Waals surface area contributed by atoms with Gasteiger partial charge in [-0.05, 0) is 30.3 Å². The molecule has 0 fully saturated rings. The largest absolute Gasteiger partial charge is 0.618 e. The van der Waals surface area contributed by atoms with Crippen LogP contribution in [0.4, 0.5) is 4.79 Å². The van der Waals surface area contributed by atoms with E-state index in [1.54, 1.807) is 49.4 Å². The Bertz CT molecular complexity index is 679. The molecule has 1 heterocycles. The number of aromatic nitrogens is 1. The molecule has 7 heteroatoms. The van der Waals surface area contributed by atoms with Gasteiger partial charge in [-0.2, -0.15) is 4.73 Å². The average Bonchev–Trinajstić information content (AvgIpc) is 2.55. The first-order valence-electron chi connectivity index (χ1n) is 7.10. The number of pyridine rings is 1. The van der Waals surface area contributed by atoms with Crippen molar-refractivity contribution in [3.63, 3.8) is 0 Å². The fourth-order valence-corrected chi connectivity index (χ4v) is 2.93. The molecule has 0 spiro atoms. The van der Waals surface area contributed by atoms with Crippen molar-refractivity contribution >= 4 is 23.7 Å². The molecule has 2 rings (SSSR count). The van der Waals surface area contributed by atoms with Crippen LogP contribution in [0.2, 0.25) is 0 Å². The van der Waals surface area contributed by atoms with Crippen LogP contribution >= 0.6 is 11.8 Å². The summed E-state index contributed by atoms with van der Waals surface area (Å²) < 4.78 is 0.694. The van der Waals surface area contributed by atoms with Gasteiger partial charge in [0.05, 0.1) is 0 Å². The topological polar surface area (TPSA) is 85.1 Å². The van der Waals surface area contributed by atoms with Gasteiger partial charge in [0.2, 0.25) is 5.91 Å². The third kappa shape index (κ3) is 4.72. The number of hydrogen-bond donors (Lipinski definition) is 2. The smallest absolute Gasteiger partial charge is 0.321 e. The molecule has 1 aromatic heterocycles. The third-order valence-corrected chi connectivity index (χ3v) is 4.22. The van der Waals surface area contributed by atoms with Crippen LogP contribution in [0, 0.1) is 5.21 Å². The molecule has 2 N–H and O–H groups in total. The van der Waals surface area contributed by atoms with Crippen LogP contribution in [0.3, 0.4) is 0 Å². The molecule has 3 amide bonds. The molecule has 1 atom stereocenters. The van der Waals surface area contributed by atoms with E-state index in [2.05, 4.69) is 10.6 Å². The Kier molecular flexibility index (Phi) is 5.99. The van der Waals surface area contributed by atoms with E-state index in [-0.39, 0.29) is 0 Å². The first kappa shape index (κ1) is 16.8. The van der Waals surface area contributed by atoms with Crippen molar-refractivity contribution in [2.45, 2.75) is 17.2 Å². The zero-order valence-electron chi connectivity index (χ0n) is 12.6. The summed E-state index contributed by atoms with van der Waals surface area (Å²) in [5, 5.41) is 16.3. The lowest BCUT2D eigenvalue weighted by molar-refractivity contribution is -0.645. The Morgan fingerprint density at radius 3 is 2.52 bits per heavy atom. The molecule has 0 aliphatic heterocycles. The van der Waals surface area contributed by atoms with Crippen LogP contribution < -0.4 is 15.4 Å². The van der Waals surface area contributed by atoms with Gasteiger partial charge in [-0.1, -0.05) is 30.3 Å².